The maximum absolute atomic E-state index is 12.4. The molecule has 2 rings (SSSR count). The molecule has 0 N–H and O–H groups in total. The molecule has 2 aliphatic rings. The van der Waals surface area contributed by atoms with Gasteiger partial charge in [0.15, 0.2) is 0 Å². The first kappa shape index (κ1) is 23.5. The maximum atomic E-state index is 12.4. The molecule has 2 fully saturated rings. The molecule has 0 unspecified atom stereocenters. The van der Waals surface area contributed by atoms with Crippen molar-refractivity contribution >= 4 is 20.5 Å². The number of rotatable bonds is 7. The lowest BCUT2D eigenvalue weighted by Gasteiger charge is -2.37. The van der Waals surface area contributed by atoms with Crippen molar-refractivity contribution < 1.29 is 32.6 Å². The minimum atomic E-state index is -1.83. The highest BCUT2D eigenvalue weighted by Gasteiger charge is 2.50. The van der Waals surface area contributed by atoms with Gasteiger partial charge in [-0.25, -0.2) is 9.59 Å². The molecular weight excluding hydrogens is 383 g/mol. The van der Waals surface area contributed by atoms with Crippen LogP contribution in [0.15, 0.2) is 0 Å². The molecule has 0 aromatic rings. The van der Waals surface area contributed by atoms with E-state index < -0.39 is 32.7 Å². The largest absolute Gasteiger partial charge is 0.461 e. The Bertz CT molecular complexity index is 507. The summed E-state index contributed by atoms with van der Waals surface area (Å²) in [6.07, 6.45) is 0.175. The van der Waals surface area contributed by atoms with Crippen LogP contribution in [0.3, 0.4) is 0 Å². The Morgan fingerprint density at radius 3 is 1.82 bits per heavy atom. The average molecular weight is 418 g/mol. The molecule has 7 nitrogen and oxygen atoms in total. The van der Waals surface area contributed by atoms with Gasteiger partial charge in [-0.2, -0.15) is 0 Å². The van der Waals surface area contributed by atoms with Gasteiger partial charge in [-0.15, -0.1) is 0 Å². The van der Waals surface area contributed by atoms with Crippen molar-refractivity contribution in [3.8, 4) is 0 Å². The molecule has 0 amide bonds. The number of carbonyl (C=O) groups excluding carboxylic acids is 2. The van der Waals surface area contributed by atoms with Crippen molar-refractivity contribution in [2.45, 2.75) is 98.2 Å². The molecule has 1 aliphatic heterocycles. The molecule has 0 aromatic carbocycles. The van der Waals surface area contributed by atoms with Gasteiger partial charge in [-0.05, 0) is 58.3 Å². The normalized spacial score (nSPS) is 31.6. The lowest BCUT2D eigenvalue weighted by atomic mass is 9.75. The summed E-state index contributed by atoms with van der Waals surface area (Å²) < 4.78 is 28.1. The van der Waals surface area contributed by atoms with Crippen molar-refractivity contribution in [1.82, 2.24) is 0 Å². The van der Waals surface area contributed by atoms with E-state index in [0.717, 1.165) is 12.8 Å². The van der Waals surface area contributed by atoms with E-state index in [1.165, 1.54) is 6.42 Å². The topological polar surface area (TPSA) is 80.3 Å². The van der Waals surface area contributed by atoms with E-state index in [4.69, 9.17) is 23.0 Å². The molecule has 1 saturated heterocycles. The zero-order valence-electron chi connectivity index (χ0n) is 18.0. The van der Waals surface area contributed by atoms with Crippen LogP contribution in [-0.4, -0.2) is 42.5 Å². The predicted octanol–water partition coefficient (Wildman–Crippen LogP) is 4.38. The highest BCUT2D eigenvalue weighted by atomic mass is 31.2. The second-order valence-electron chi connectivity index (χ2n) is 8.72. The van der Waals surface area contributed by atoms with Gasteiger partial charge < -0.3 is 14.0 Å². The van der Waals surface area contributed by atoms with E-state index in [2.05, 4.69) is 20.8 Å². The molecule has 1 heterocycles. The summed E-state index contributed by atoms with van der Waals surface area (Å²) in [7, 11) is -1.83. The SMILES string of the molecule is CC(C)OC(=O)[C@@H]1OP(O[C@@H]2C[C@H](C)CC[C@H]2C(C)C)O[C@H]1C(=O)OC(C)C. The summed E-state index contributed by atoms with van der Waals surface area (Å²) in [6.45, 7) is 13.5. The van der Waals surface area contributed by atoms with Crippen LogP contribution in [0, 0.1) is 17.8 Å². The number of hydrogen-bond acceptors (Lipinski definition) is 7. The molecular formula is C20H35O7P. The molecule has 28 heavy (non-hydrogen) atoms. The van der Waals surface area contributed by atoms with Gasteiger partial charge in [0.1, 0.15) is 0 Å². The highest BCUT2D eigenvalue weighted by molar-refractivity contribution is 7.42. The number of esters is 2. The Hall–Kier alpha value is -0.750. The van der Waals surface area contributed by atoms with E-state index in [-0.39, 0.29) is 18.3 Å². The van der Waals surface area contributed by atoms with Gasteiger partial charge in [0.2, 0.25) is 12.2 Å². The number of hydrogen-bond donors (Lipinski definition) is 0. The fraction of sp³-hybridized carbons (Fsp3) is 0.900. The molecule has 8 heteroatoms. The monoisotopic (exact) mass is 418 g/mol. The summed E-state index contributed by atoms with van der Waals surface area (Å²) in [5, 5.41) is 0. The van der Waals surface area contributed by atoms with Gasteiger partial charge in [-0.1, -0.05) is 27.2 Å². The van der Waals surface area contributed by atoms with Crippen LogP contribution in [0.1, 0.15) is 67.7 Å². The maximum Gasteiger partial charge on any atom is 0.339 e. The molecule has 0 aromatic heterocycles. The summed E-state index contributed by atoms with van der Waals surface area (Å²) in [5.41, 5.74) is 0. The summed E-state index contributed by atoms with van der Waals surface area (Å²) in [6, 6.07) is 0. The lowest BCUT2D eigenvalue weighted by Crippen LogP contribution is -2.40. The zero-order chi connectivity index (χ0) is 21.0. The van der Waals surface area contributed by atoms with Crippen molar-refractivity contribution in [2.75, 3.05) is 0 Å². The van der Waals surface area contributed by atoms with Crippen molar-refractivity contribution in [3.63, 3.8) is 0 Å². The summed E-state index contributed by atoms with van der Waals surface area (Å²) in [4.78, 5) is 24.9. The predicted molar refractivity (Wildman–Crippen MR) is 105 cm³/mol. The Kier molecular flexibility index (Phi) is 8.68. The molecule has 1 saturated carbocycles. The molecule has 5 atom stereocenters. The van der Waals surface area contributed by atoms with Crippen LogP contribution < -0.4 is 0 Å². The van der Waals surface area contributed by atoms with E-state index in [1.807, 2.05) is 0 Å². The Balaban J connectivity index is 2.10. The van der Waals surface area contributed by atoms with Gasteiger partial charge >= 0.3 is 20.5 Å². The van der Waals surface area contributed by atoms with E-state index in [1.54, 1.807) is 27.7 Å². The first-order chi connectivity index (χ1) is 13.1. The van der Waals surface area contributed by atoms with Crippen LogP contribution in [0.4, 0.5) is 0 Å². The van der Waals surface area contributed by atoms with Crippen molar-refractivity contribution in [2.24, 2.45) is 17.8 Å². The Morgan fingerprint density at radius 1 is 0.893 bits per heavy atom. The molecule has 0 bridgehead atoms. The second kappa shape index (κ2) is 10.3. The third kappa shape index (κ3) is 6.38. The fourth-order valence-electron chi connectivity index (χ4n) is 3.65. The average Bonchev–Trinajstić information content (AvgIpc) is 2.97. The van der Waals surface area contributed by atoms with Crippen molar-refractivity contribution in [3.05, 3.63) is 0 Å². The van der Waals surface area contributed by atoms with Crippen LogP contribution in [0.25, 0.3) is 0 Å². The molecule has 0 radical (unpaired) electrons. The summed E-state index contributed by atoms with van der Waals surface area (Å²) in [5.74, 6) is 0.159. The van der Waals surface area contributed by atoms with Crippen LogP contribution in [0.2, 0.25) is 0 Å². The van der Waals surface area contributed by atoms with Crippen LogP contribution in [-0.2, 0) is 32.6 Å². The third-order valence-electron chi connectivity index (χ3n) is 5.03. The fourth-order valence-corrected chi connectivity index (χ4v) is 5.03. The quantitative estimate of drug-likeness (QED) is 0.448. The van der Waals surface area contributed by atoms with Crippen LogP contribution >= 0.6 is 8.60 Å². The Labute approximate surface area is 169 Å². The van der Waals surface area contributed by atoms with Gasteiger partial charge in [0.05, 0.1) is 18.3 Å². The number of ether oxygens (including phenoxy) is 2. The standard InChI is InChI=1S/C20H35O7P/c1-11(2)15-9-8-14(7)10-16(15)25-28-26-17(19(21)23-12(3)4)18(27-28)20(22)24-13(5)6/h11-18H,8-10H2,1-7H3/t14-,15+,16-,17-,18-/m1/s1. The molecule has 0 spiro atoms. The highest BCUT2D eigenvalue weighted by Crippen LogP contribution is 2.53. The number of carbonyl (C=O) groups is 2. The molecule has 162 valence electrons. The van der Waals surface area contributed by atoms with E-state index in [0.29, 0.717) is 17.8 Å². The van der Waals surface area contributed by atoms with E-state index >= 15 is 0 Å². The summed E-state index contributed by atoms with van der Waals surface area (Å²) >= 11 is 0. The zero-order valence-corrected chi connectivity index (χ0v) is 18.9. The minimum absolute atomic E-state index is 0.0171. The first-order valence-electron chi connectivity index (χ1n) is 10.3. The Morgan fingerprint density at radius 2 is 1.39 bits per heavy atom. The molecule has 1 aliphatic carbocycles. The van der Waals surface area contributed by atoms with Gasteiger partial charge in [0, 0.05) is 0 Å². The van der Waals surface area contributed by atoms with Gasteiger partial charge in [-0.3, -0.25) is 9.05 Å². The van der Waals surface area contributed by atoms with Gasteiger partial charge in [0.25, 0.3) is 0 Å². The van der Waals surface area contributed by atoms with Crippen molar-refractivity contribution in [1.29, 1.82) is 0 Å². The first-order valence-corrected chi connectivity index (χ1v) is 11.4. The smallest absolute Gasteiger partial charge is 0.339 e. The minimum Gasteiger partial charge on any atom is -0.461 e. The van der Waals surface area contributed by atoms with E-state index in [9.17, 15) is 9.59 Å². The third-order valence-corrected chi connectivity index (χ3v) is 6.27. The van der Waals surface area contributed by atoms with Crippen LogP contribution in [0.5, 0.6) is 0 Å². The lowest BCUT2D eigenvalue weighted by molar-refractivity contribution is -0.167. The second-order valence-corrected chi connectivity index (χ2v) is 9.80.